The van der Waals surface area contributed by atoms with Crippen molar-refractivity contribution in [2.75, 3.05) is 0 Å². The molecule has 1 aromatic heterocycles. The van der Waals surface area contributed by atoms with Crippen molar-refractivity contribution in [1.29, 1.82) is 0 Å². The van der Waals surface area contributed by atoms with Crippen LogP contribution in [0.3, 0.4) is 0 Å². The summed E-state index contributed by atoms with van der Waals surface area (Å²) in [5.41, 5.74) is 0. The van der Waals surface area contributed by atoms with E-state index in [9.17, 15) is 0 Å². The molecule has 0 aliphatic rings. The van der Waals surface area contributed by atoms with Crippen molar-refractivity contribution >= 4 is 22.6 Å². The summed E-state index contributed by atoms with van der Waals surface area (Å²) in [6.07, 6.45) is 0.997. The molecule has 1 heterocycles. The lowest BCUT2D eigenvalue weighted by Gasteiger charge is -1.86. The topological polar surface area (TPSA) is 13.1 Å². The van der Waals surface area contributed by atoms with Crippen LogP contribution >= 0.6 is 22.6 Å². The van der Waals surface area contributed by atoms with Gasteiger partial charge in [0, 0.05) is 6.42 Å². The van der Waals surface area contributed by atoms with Crippen molar-refractivity contribution < 1.29 is 4.42 Å². The van der Waals surface area contributed by atoms with Gasteiger partial charge in [-0.05, 0) is 12.1 Å². The molecule has 0 bridgehead atoms. The highest BCUT2D eigenvalue weighted by Gasteiger charge is 1.95. The van der Waals surface area contributed by atoms with Gasteiger partial charge in [0.15, 0.2) is 0 Å². The number of alkyl halides is 1. The van der Waals surface area contributed by atoms with E-state index >= 15 is 0 Å². The van der Waals surface area contributed by atoms with Gasteiger partial charge in [-0.3, -0.25) is 0 Å². The third-order valence-electron chi connectivity index (χ3n) is 1.20. The summed E-state index contributed by atoms with van der Waals surface area (Å²) in [7, 11) is 0. The molecule has 0 aliphatic carbocycles. The molecule has 0 atom stereocenters. The summed E-state index contributed by atoms with van der Waals surface area (Å²) < 4.78 is 6.34. The van der Waals surface area contributed by atoms with Gasteiger partial charge in [0.25, 0.3) is 0 Å². The van der Waals surface area contributed by atoms with E-state index in [1.165, 1.54) is 0 Å². The van der Waals surface area contributed by atoms with Crippen molar-refractivity contribution in [2.45, 2.75) is 17.8 Å². The van der Waals surface area contributed by atoms with Crippen molar-refractivity contribution in [3.63, 3.8) is 0 Å². The molecule has 1 aromatic rings. The first-order chi connectivity index (χ1) is 4.36. The zero-order valence-corrected chi connectivity index (χ0v) is 7.51. The van der Waals surface area contributed by atoms with Crippen molar-refractivity contribution in [3.05, 3.63) is 23.7 Å². The number of hydrogen-bond acceptors (Lipinski definition) is 1. The van der Waals surface area contributed by atoms with E-state index in [0.29, 0.717) is 0 Å². The summed E-state index contributed by atoms with van der Waals surface area (Å²) in [6.45, 7) is 2.09. The second-order valence-corrected chi connectivity index (χ2v) is 2.62. The quantitative estimate of drug-likeness (QED) is 0.568. The van der Waals surface area contributed by atoms with E-state index in [0.717, 1.165) is 22.4 Å². The molecule has 2 heteroatoms. The van der Waals surface area contributed by atoms with E-state index < -0.39 is 0 Å². The van der Waals surface area contributed by atoms with Crippen molar-refractivity contribution in [2.24, 2.45) is 0 Å². The molecule has 1 nitrogen and oxygen atoms in total. The SMILES string of the molecule is CCc1ccc(CI)o1. The van der Waals surface area contributed by atoms with E-state index in [1.54, 1.807) is 0 Å². The monoisotopic (exact) mass is 236 g/mol. The maximum atomic E-state index is 5.37. The first kappa shape index (κ1) is 7.12. The second-order valence-electron chi connectivity index (χ2n) is 1.86. The molecule has 0 saturated carbocycles. The van der Waals surface area contributed by atoms with Crippen LogP contribution in [0.2, 0.25) is 0 Å². The fourth-order valence-electron chi connectivity index (χ4n) is 0.684. The fraction of sp³-hybridized carbons (Fsp3) is 0.429. The number of rotatable bonds is 2. The predicted molar refractivity (Wildman–Crippen MR) is 45.8 cm³/mol. The molecule has 0 aromatic carbocycles. The van der Waals surface area contributed by atoms with Gasteiger partial charge in [0.2, 0.25) is 0 Å². The van der Waals surface area contributed by atoms with Crippen LogP contribution in [-0.2, 0) is 10.8 Å². The Morgan fingerprint density at radius 2 is 2.11 bits per heavy atom. The lowest BCUT2D eigenvalue weighted by atomic mass is 10.4. The van der Waals surface area contributed by atoms with Gasteiger partial charge in [0.1, 0.15) is 11.5 Å². The molecular weight excluding hydrogens is 227 g/mol. The first-order valence-electron chi connectivity index (χ1n) is 3.00. The number of halogens is 1. The van der Waals surface area contributed by atoms with E-state index in [1.807, 2.05) is 12.1 Å². The van der Waals surface area contributed by atoms with Gasteiger partial charge in [0.05, 0.1) is 4.43 Å². The van der Waals surface area contributed by atoms with Crippen LogP contribution in [0, 0.1) is 0 Å². The zero-order chi connectivity index (χ0) is 6.69. The number of aryl methyl sites for hydroxylation is 1. The molecular formula is C7H9IO. The Labute approximate surface area is 68.6 Å². The average molecular weight is 236 g/mol. The Balaban J connectivity index is 2.74. The Kier molecular flexibility index (Phi) is 2.57. The molecule has 9 heavy (non-hydrogen) atoms. The Morgan fingerprint density at radius 1 is 1.44 bits per heavy atom. The summed E-state index contributed by atoms with van der Waals surface area (Å²) >= 11 is 2.29. The molecule has 0 unspecified atom stereocenters. The molecule has 0 aliphatic heterocycles. The molecule has 0 N–H and O–H groups in total. The van der Waals surface area contributed by atoms with Gasteiger partial charge < -0.3 is 4.42 Å². The highest BCUT2D eigenvalue weighted by atomic mass is 127. The van der Waals surface area contributed by atoms with Crippen LogP contribution in [0.5, 0.6) is 0 Å². The minimum Gasteiger partial charge on any atom is -0.465 e. The van der Waals surface area contributed by atoms with E-state index in [4.69, 9.17) is 4.42 Å². The zero-order valence-electron chi connectivity index (χ0n) is 5.36. The van der Waals surface area contributed by atoms with E-state index in [-0.39, 0.29) is 0 Å². The van der Waals surface area contributed by atoms with Gasteiger partial charge in [-0.1, -0.05) is 29.5 Å². The normalized spacial score (nSPS) is 10.0. The summed E-state index contributed by atoms with van der Waals surface area (Å²) in [5.74, 6) is 2.16. The molecule has 0 amide bonds. The molecule has 0 saturated heterocycles. The first-order valence-corrected chi connectivity index (χ1v) is 4.53. The minimum absolute atomic E-state index is 0.970. The van der Waals surface area contributed by atoms with Crippen LogP contribution in [0.15, 0.2) is 16.5 Å². The molecule has 0 fully saturated rings. The van der Waals surface area contributed by atoms with E-state index in [2.05, 4.69) is 29.5 Å². The van der Waals surface area contributed by atoms with Crippen LogP contribution in [0.1, 0.15) is 18.4 Å². The summed E-state index contributed by atoms with van der Waals surface area (Å²) in [6, 6.07) is 4.07. The Morgan fingerprint density at radius 3 is 2.44 bits per heavy atom. The average Bonchev–Trinajstić information content (AvgIpc) is 2.34. The van der Waals surface area contributed by atoms with Gasteiger partial charge in [-0.25, -0.2) is 0 Å². The minimum atomic E-state index is 0.970. The highest BCUT2D eigenvalue weighted by Crippen LogP contribution is 2.11. The van der Waals surface area contributed by atoms with Gasteiger partial charge in [-0.2, -0.15) is 0 Å². The van der Waals surface area contributed by atoms with Crippen molar-refractivity contribution in [3.8, 4) is 0 Å². The Hall–Kier alpha value is 0.01000. The molecule has 0 spiro atoms. The summed E-state index contributed by atoms with van der Waals surface area (Å²) in [5, 5.41) is 0. The predicted octanol–water partition coefficient (Wildman–Crippen LogP) is 2.78. The molecule has 50 valence electrons. The highest BCUT2D eigenvalue weighted by molar-refractivity contribution is 14.1. The molecule has 0 radical (unpaired) electrons. The summed E-state index contributed by atoms with van der Waals surface area (Å²) in [4.78, 5) is 0. The third kappa shape index (κ3) is 1.71. The lowest BCUT2D eigenvalue weighted by Crippen LogP contribution is -1.69. The van der Waals surface area contributed by atoms with Gasteiger partial charge in [-0.15, -0.1) is 0 Å². The number of hydrogen-bond donors (Lipinski definition) is 0. The fourth-order valence-corrected chi connectivity index (χ4v) is 1.09. The van der Waals surface area contributed by atoms with Crippen LogP contribution in [-0.4, -0.2) is 0 Å². The smallest absolute Gasteiger partial charge is 0.113 e. The lowest BCUT2D eigenvalue weighted by molar-refractivity contribution is 0.487. The maximum absolute atomic E-state index is 5.37. The standard InChI is InChI=1S/C7H9IO/c1-2-6-3-4-7(5-8)9-6/h3-4H,2,5H2,1H3. The van der Waals surface area contributed by atoms with Crippen molar-refractivity contribution in [1.82, 2.24) is 0 Å². The maximum Gasteiger partial charge on any atom is 0.113 e. The van der Waals surface area contributed by atoms with Crippen LogP contribution in [0.4, 0.5) is 0 Å². The van der Waals surface area contributed by atoms with Crippen LogP contribution < -0.4 is 0 Å². The molecule has 1 rings (SSSR count). The largest absolute Gasteiger partial charge is 0.465 e. The third-order valence-corrected chi connectivity index (χ3v) is 1.95. The number of furan rings is 1. The Bertz CT molecular complexity index is 162. The van der Waals surface area contributed by atoms with Gasteiger partial charge >= 0.3 is 0 Å². The second kappa shape index (κ2) is 3.25. The van der Waals surface area contributed by atoms with Crippen LogP contribution in [0.25, 0.3) is 0 Å².